The lowest BCUT2D eigenvalue weighted by molar-refractivity contribution is 0.457. The van der Waals surface area contributed by atoms with Gasteiger partial charge in [-0.25, -0.2) is 12.7 Å². The highest BCUT2D eigenvalue weighted by atomic mass is 79.9. The standard InChI is InChI=1S/C11H16Br2N2O2S/c1-14-6-3-7-15(2)18(16,17)11-8-9(12)4-5-10(11)13/h4-5,8,14H,3,6-7H2,1-2H3. The van der Waals surface area contributed by atoms with Gasteiger partial charge in [-0.2, -0.15) is 0 Å². The van der Waals surface area contributed by atoms with Gasteiger partial charge in [-0.05, 0) is 54.1 Å². The molecule has 1 rings (SSSR count). The maximum Gasteiger partial charge on any atom is 0.243 e. The van der Waals surface area contributed by atoms with Crippen molar-refractivity contribution in [3.63, 3.8) is 0 Å². The summed E-state index contributed by atoms with van der Waals surface area (Å²) in [5, 5.41) is 3.00. The molecule has 0 spiro atoms. The molecule has 0 saturated carbocycles. The first-order valence-electron chi connectivity index (χ1n) is 5.45. The van der Waals surface area contributed by atoms with E-state index in [4.69, 9.17) is 0 Å². The number of hydrogen-bond acceptors (Lipinski definition) is 3. The molecule has 0 unspecified atom stereocenters. The molecule has 0 amide bonds. The van der Waals surface area contributed by atoms with Crippen molar-refractivity contribution in [1.29, 1.82) is 0 Å². The van der Waals surface area contributed by atoms with Gasteiger partial charge in [-0.1, -0.05) is 15.9 Å². The molecule has 0 radical (unpaired) electrons. The molecule has 0 aliphatic heterocycles. The first kappa shape index (κ1) is 16.1. The minimum Gasteiger partial charge on any atom is -0.320 e. The molecule has 0 fully saturated rings. The number of rotatable bonds is 6. The molecule has 0 heterocycles. The number of halogens is 2. The number of nitrogens with one attached hydrogen (secondary N) is 1. The van der Waals surface area contributed by atoms with Crippen LogP contribution in [0.25, 0.3) is 0 Å². The summed E-state index contributed by atoms with van der Waals surface area (Å²) in [5.74, 6) is 0. The highest BCUT2D eigenvalue weighted by Gasteiger charge is 2.23. The number of benzene rings is 1. The Morgan fingerprint density at radius 2 is 2.00 bits per heavy atom. The minimum atomic E-state index is -3.44. The summed E-state index contributed by atoms with van der Waals surface area (Å²) in [6.45, 7) is 1.28. The van der Waals surface area contributed by atoms with Crippen molar-refractivity contribution in [3.8, 4) is 0 Å². The van der Waals surface area contributed by atoms with Crippen LogP contribution in [0.15, 0.2) is 32.0 Å². The normalized spacial score (nSPS) is 12.1. The third-order valence-electron chi connectivity index (χ3n) is 2.48. The molecule has 7 heteroatoms. The van der Waals surface area contributed by atoms with Crippen LogP contribution in [0.5, 0.6) is 0 Å². The summed E-state index contributed by atoms with van der Waals surface area (Å²) in [6.07, 6.45) is 0.776. The topological polar surface area (TPSA) is 49.4 Å². The van der Waals surface area contributed by atoms with Crippen LogP contribution in [0.3, 0.4) is 0 Å². The van der Waals surface area contributed by atoms with Gasteiger partial charge in [0.1, 0.15) is 0 Å². The summed E-state index contributed by atoms with van der Waals surface area (Å²) < 4.78 is 27.4. The van der Waals surface area contributed by atoms with Crippen LogP contribution >= 0.6 is 31.9 Å². The second kappa shape index (κ2) is 7.00. The lowest BCUT2D eigenvalue weighted by Gasteiger charge is -2.18. The fourth-order valence-electron chi connectivity index (χ4n) is 1.44. The quantitative estimate of drug-likeness (QED) is 0.747. The Morgan fingerprint density at radius 3 is 2.61 bits per heavy atom. The predicted molar refractivity (Wildman–Crippen MR) is 80.2 cm³/mol. The zero-order chi connectivity index (χ0) is 13.8. The summed E-state index contributed by atoms with van der Waals surface area (Å²) in [4.78, 5) is 0.281. The Labute approximate surface area is 125 Å². The number of hydrogen-bond donors (Lipinski definition) is 1. The van der Waals surface area contributed by atoms with Gasteiger partial charge >= 0.3 is 0 Å². The maximum atomic E-state index is 12.4. The molecule has 1 aromatic carbocycles. The first-order valence-corrected chi connectivity index (χ1v) is 8.48. The Bertz CT molecular complexity index is 506. The SMILES string of the molecule is CNCCCN(C)S(=O)(=O)c1cc(Br)ccc1Br. The van der Waals surface area contributed by atoms with Crippen molar-refractivity contribution >= 4 is 41.9 Å². The first-order chi connectivity index (χ1) is 8.39. The Morgan fingerprint density at radius 1 is 1.33 bits per heavy atom. The fraction of sp³-hybridized carbons (Fsp3) is 0.455. The van der Waals surface area contributed by atoms with Crippen LogP contribution in [0.2, 0.25) is 0 Å². The number of sulfonamides is 1. The van der Waals surface area contributed by atoms with Gasteiger partial charge in [0.2, 0.25) is 10.0 Å². The summed E-state index contributed by atoms with van der Waals surface area (Å²) in [5.41, 5.74) is 0. The lowest BCUT2D eigenvalue weighted by Crippen LogP contribution is -2.29. The third-order valence-corrected chi connectivity index (χ3v) is 5.83. The summed E-state index contributed by atoms with van der Waals surface area (Å²) in [6, 6.07) is 5.12. The van der Waals surface area contributed by atoms with E-state index in [-0.39, 0.29) is 4.90 Å². The van der Waals surface area contributed by atoms with Crippen molar-refractivity contribution in [3.05, 3.63) is 27.1 Å². The van der Waals surface area contributed by atoms with E-state index in [9.17, 15) is 8.42 Å². The van der Waals surface area contributed by atoms with E-state index < -0.39 is 10.0 Å². The van der Waals surface area contributed by atoms with E-state index in [1.54, 1.807) is 25.2 Å². The largest absolute Gasteiger partial charge is 0.320 e. The van der Waals surface area contributed by atoms with Gasteiger partial charge in [0.15, 0.2) is 0 Å². The molecule has 1 aromatic rings. The summed E-state index contributed by atoms with van der Waals surface area (Å²) >= 11 is 6.57. The zero-order valence-electron chi connectivity index (χ0n) is 10.3. The van der Waals surface area contributed by atoms with Gasteiger partial charge in [0, 0.05) is 22.5 Å². The van der Waals surface area contributed by atoms with Crippen LogP contribution in [0, 0.1) is 0 Å². The van der Waals surface area contributed by atoms with Gasteiger partial charge in [-0.3, -0.25) is 0 Å². The molecule has 0 aliphatic rings. The molecular formula is C11H16Br2N2O2S. The second-order valence-corrected chi connectivity index (χ2v) is 7.64. The average Bonchev–Trinajstić information content (AvgIpc) is 2.32. The maximum absolute atomic E-state index is 12.4. The molecule has 18 heavy (non-hydrogen) atoms. The van der Waals surface area contributed by atoms with Crippen LogP contribution in [-0.4, -0.2) is 39.9 Å². The van der Waals surface area contributed by atoms with Gasteiger partial charge in [0.25, 0.3) is 0 Å². The smallest absolute Gasteiger partial charge is 0.243 e. The van der Waals surface area contributed by atoms with E-state index in [1.165, 1.54) is 4.31 Å². The Balaban J connectivity index is 2.95. The van der Waals surface area contributed by atoms with E-state index in [2.05, 4.69) is 37.2 Å². The second-order valence-electron chi connectivity index (χ2n) is 3.86. The minimum absolute atomic E-state index is 0.281. The highest BCUT2D eigenvalue weighted by Crippen LogP contribution is 2.27. The van der Waals surface area contributed by atoms with Gasteiger partial charge < -0.3 is 5.32 Å². The van der Waals surface area contributed by atoms with Crippen molar-refractivity contribution in [2.75, 3.05) is 27.2 Å². The van der Waals surface area contributed by atoms with Gasteiger partial charge in [0.05, 0.1) is 4.90 Å². The molecule has 0 saturated heterocycles. The van der Waals surface area contributed by atoms with E-state index >= 15 is 0 Å². The highest BCUT2D eigenvalue weighted by molar-refractivity contribution is 9.11. The molecule has 102 valence electrons. The number of nitrogens with zero attached hydrogens (tertiary/aromatic N) is 1. The molecule has 0 atom stereocenters. The molecule has 0 aromatic heterocycles. The van der Waals surface area contributed by atoms with Crippen molar-refractivity contribution in [2.45, 2.75) is 11.3 Å². The van der Waals surface area contributed by atoms with Crippen molar-refractivity contribution < 1.29 is 8.42 Å². The lowest BCUT2D eigenvalue weighted by atomic mass is 10.4. The molecule has 0 aliphatic carbocycles. The fourth-order valence-corrected chi connectivity index (χ4v) is 4.11. The summed E-state index contributed by atoms with van der Waals surface area (Å²) in [7, 11) is -0.00174. The average molecular weight is 400 g/mol. The van der Waals surface area contributed by atoms with E-state index in [1.807, 2.05) is 7.05 Å². The van der Waals surface area contributed by atoms with Crippen molar-refractivity contribution in [2.24, 2.45) is 0 Å². The Kier molecular flexibility index (Phi) is 6.26. The molecule has 0 bridgehead atoms. The monoisotopic (exact) mass is 398 g/mol. The zero-order valence-corrected chi connectivity index (χ0v) is 14.3. The van der Waals surface area contributed by atoms with Gasteiger partial charge in [-0.15, -0.1) is 0 Å². The third kappa shape index (κ3) is 4.03. The molecule has 4 nitrogen and oxygen atoms in total. The predicted octanol–water partition coefficient (Wildman–Crippen LogP) is 2.44. The Hall–Kier alpha value is 0.0500. The van der Waals surface area contributed by atoms with E-state index in [0.717, 1.165) is 17.4 Å². The molecular weight excluding hydrogens is 384 g/mol. The van der Waals surface area contributed by atoms with Crippen molar-refractivity contribution in [1.82, 2.24) is 9.62 Å². The molecule has 1 N–H and O–H groups in total. The van der Waals surface area contributed by atoms with E-state index in [0.29, 0.717) is 11.0 Å². The van der Waals surface area contributed by atoms with Crippen LogP contribution in [0.4, 0.5) is 0 Å². The van der Waals surface area contributed by atoms with Crippen LogP contribution < -0.4 is 5.32 Å². The van der Waals surface area contributed by atoms with Crippen LogP contribution in [-0.2, 0) is 10.0 Å². The van der Waals surface area contributed by atoms with Crippen LogP contribution in [0.1, 0.15) is 6.42 Å².